The second-order valence-corrected chi connectivity index (χ2v) is 9.75. The van der Waals surface area contributed by atoms with E-state index in [1.54, 1.807) is 30.5 Å². The van der Waals surface area contributed by atoms with Crippen molar-refractivity contribution in [1.82, 2.24) is 9.66 Å². The monoisotopic (exact) mass is 524 g/mol. The lowest BCUT2D eigenvalue weighted by molar-refractivity contribution is -0.118. The lowest BCUT2D eigenvalue weighted by Crippen LogP contribution is -2.25. The highest BCUT2D eigenvalue weighted by atomic mass is 16.5. The number of nitrogens with zero attached hydrogens (tertiary/aromatic N) is 3. The minimum absolute atomic E-state index is 0.166. The third-order valence-electron chi connectivity index (χ3n) is 7.04. The van der Waals surface area contributed by atoms with Crippen LogP contribution < -0.4 is 20.3 Å². The molecule has 0 aliphatic heterocycles. The van der Waals surface area contributed by atoms with Crippen LogP contribution in [0.5, 0.6) is 11.5 Å². The van der Waals surface area contributed by atoms with Crippen molar-refractivity contribution in [2.45, 2.75) is 44.9 Å². The molecular formula is C31H32N4O4. The lowest BCUT2D eigenvalue weighted by atomic mass is 9.88. The molecule has 1 saturated carbocycles. The summed E-state index contributed by atoms with van der Waals surface area (Å²) in [4.78, 5) is 30.7. The number of amides is 1. The van der Waals surface area contributed by atoms with Gasteiger partial charge in [-0.15, -0.1) is 0 Å². The smallest absolute Gasteiger partial charge is 0.282 e. The fraction of sp³-hybridized carbons (Fsp3) is 0.290. The SMILES string of the molecule is COc1cc(C=Nn2c(C3CCCCC3)nc3ccccc3c2=O)ccc1OCC(=O)Nc1ccccc1C. The lowest BCUT2D eigenvalue weighted by Gasteiger charge is -2.22. The van der Waals surface area contributed by atoms with Gasteiger partial charge < -0.3 is 14.8 Å². The number of methoxy groups -OCH3 is 1. The quantitative estimate of drug-likeness (QED) is 0.300. The first kappa shape index (κ1) is 26.2. The number of carbonyl (C=O) groups is 1. The third kappa shape index (κ3) is 6.00. The molecule has 0 spiro atoms. The Morgan fingerprint density at radius 3 is 2.62 bits per heavy atom. The van der Waals surface area contributed by atoms with Gasteiger partial charge in [-0.1, -0.05) is 49.6 Å². The Morgan fingerprint density at radius 1 is 1.05 bits per heavy atom. The maximum Gasteiger partial charge on any atom is 0.282 e. The molecule has 5 rings (SSSR count). The molecule has 1 heterocycles. The number of aromatic nitrogens is 2. The molecule has 8 heteroatoms. The largest absolute Gasteiger partial charge is 0.493 e. The fourth-order valence-electron chi connectivity index (χ4n) is 4.93. The van der Waals surface area contributed by atoms with Gasteiger partial charge in [-0.05, 0) is 67.3 Å². The number of hydrogen-bond acceptors (Lipinski definition) is 6. The summed E-state index contributed by atoms with van der Waals surface area (Å²) in [6, 6.07) is 20.3. The van der Waals surface area contributed by atoms with E-state index in [-0.39, 0.29) is 24.0 Å². The van der Waals surface area contributed by atoms with Crippen LogP contribution in [0.15, 0.2) is 76.6 Å². The van der Waals surface area contributed by atoms with E-state index in [0.29, 0.717) is 28.2 Å². The minimum atomic E-state index is -0.268. The number of benzene rings is 3. The molecule has 0 radical (unpaired) electrons. The number of aryl methyl sites for hydroxylation is 1. The van der Waals surface area contributed by atoms with E-state index >= 15 is 0 Å². The standard InChI is InChI=1S/C31H32N4O4/c1-21-10-6-8-14-25(21)33-29(36)20-39-27-17-16-22(18-28(27)38-2)19-32-35-30(23-11-4-3-5-12-23)34-26-15-9-7-13-24(26)31(35)37/h6-10,13-19,23H,3-5,11-12,20H2,1-2H3,(H,33,36). The van der Waals surface area contributed by atoms with E-state index in [1.807, 2.05) is 49.4 Å². The molecule has 1 aliphatic rings. The Morgan fingerprint density at radius 2 is 1.82 bits per heavy atom. The Hall–Kier alpha value is -4.46. The van der Waals surface area contributed by atoms with Crippen LogP contribution in [0.2, 0.25) is 0 Å². The summed E-state index contributed by atoms with van der Waals surface area (Å²) in [6.07, 6.45) is 7.08. The average Bonchev–Trinajstić information content (AvgIpc) is 2.97. The molecule has 1 fully saturated rings. The molecule has 0 bridgehead atoms. The minimum Gasteiger partial charge on any atom is -0.493 e. The van der Waals surface area contributed by atoms with Crippen molar-refractivity contribution in [2.24, 2.45) is 5.10 Å². The summed E-state index contributed by atoms with van der Waals surface area (Å²) in [7, 11) is 1.54. The van der Waals surface area contributed by atoms with Gasteiger partial charge in [-0.25, -0.2) is 4.98 Å². The number of ether oxygens (including phenoxy) is 2. The predicted molar refractivity (Wildman–Crippen MR) is 153 cm³/mol. The van der Waals surface area contributed by atoms with Crippen LogP contribution in [-0.2, 0) is 4.79 Å². The zero-order chi connectivity index (χ0) is 27.2. The summed E-state index contributed by atoms with van der Waals surface area (Å²) in [5, 5.41) is 7.99. The molecule has 1 aliphatic carbocycles. The van der Waals surface area contributed by atoms with E-state index in [0.717, 1.165) is 42.5 Å². The van der Waals surface area contributed by atoms with Crippen molar-refractivity contribution >= 4 is 28.7 Å². The van der Waals surface area contributed by atoms with Crippen LogP contribution in [0.3, 0.4) is 0 Å². The average molecular weight is 525 g/mol. The van der Waals surface area contributed by atoms with Crippen LogP contribution in [-0.4, -0.2) is 35.5 Å². The summed E-state index contributed by atoms with van der Waals surface area (Å²) >= 11 is 0. The second-order valence-electron chi connectivity index (χ2n) is 9.75. The fourth-order valence-corrected chi connectivity index (χ4v) is 4.93. The topological polar surface area (TPSA) is 94.8 Å². The van der Waals surface area contributed by atoms with E-state index < -0.39 is 0 Å². The molecule has 1 aromatic heterocycles. The number of carbonyl (C=O) groups excluding carboxylic acids is 1. The number of para-hydroxylation sites is 2. The van der Waals surface area contributed by atoms with Crippen LogP contribution in [0.1, 0.15) is 55.0 Å². The van der Waals surface area contributed by atoms with Crippen molar-refractivity contribution in [3.63, 3.8) is 0 Å². The molecule has 1 amide bonds. The predicted octanol–water partition coefficient (Wildman–Crippen LogP) is 5.66. The first-order chi connectivity index (χ1) is 19.0. The highest BCUT2D eigenvalue weighted by molar-refractivity contribution is 5.92. The molecule has 39 heavy (non-hydrogen) atoms. The molecule has 0 saturated heterocycles. The molecule has 8 nitrogen and oxygen atoms in total. The van der Waals surface area contributed by atoms with Crippen LogP contribution in [0, 0.1) is 6.92 Å². The molecular weight excluding hydrogens is 492 g/mol. The highest BCUT2D eigenvalue weighted by Gasteiger charge is 2.22. The van der Waals surface area contributed by atoms with Crippen molar-refractivity contribution in [3.05, 3.63) is 94.0 Å². The van der Waals surface area contributed by atoms with E-state index in [9.17, 15) is 9.59 Å². The first-order valence-corrected chi connectivity index (χ1v) is 13.3. The number of hydrogen-bond donors (Lipinski definition) is 1. The number of rotatable bonds is 8. The zero-order valence-electron chi connectivity index (χ0n) is 22.2. The molecule has 0 unspecified atom stereocenters. The highest BCUT2D eigenvalue weighted by Crippen LogP contribution is 2.32. The van der Waals surface area contributed by atoms with Gasteiger partial charge in [0, 0.05) is 11.6 Å². The van der Waals surface area contributed by atoms with Gasteiger partial charge in [0.1, 0.15) is 5.82 Å². The molecule has 200 valence electrons. The third-order valence-corrected chi connectivity index (χ3v) is 7.04. The summed E-state index contributed by atoms with van der Waals surface area (Å²) in [5.74, 6) is 1.53. The molecule has 4 aromatic rings. The number of anilines is 1. The van der Waals surface area contributed by atoms with Gasteiger partial charge >= 0.3 is 0 Å². The van der Waals surface area contributed by atoms with Gasteiger partial charge in [-0.3, -0.25) is 9.59 Å². The van der Waals surface area contributed by atoms with Crippen molar-refractivity contribution in [1.29, 1.82) is 0 Å². The van der Waals surface area contributed by atoms with E-state index in [4.69, 9.17) is 14.5 Å². The van der Waals surface area contributed by atoms with Gasteiger partial charge in [-0.2, -0.15) is 9.78 Å². The van der Waals surface area contributed by atoms with E-state index in [2.05, 4.69) is 10.4 Å². The van der Waals surface area contributed by atoms with Crippen molar-refractivity contribution < 1.29 is 14.3 Å². The molecule has 3 aromatic carbocycles. The van der Waals surface area contributed by atoms with Gasteiger partial charge in [0.25, 0.3) is 11.5 Å². The van der Waals surface area contributed by atoms with Gasteiger partial charge in [0.2, 0.25) is 0 Å². The first-order valence-electron chi connectivity index (χ1n) is 13.3. The molecule has 0 atom stereocenters. The maximum absolute atomic E-state index is 13.4. The van der Waals surface area contributed by atoms with Crippen molar-refractivity contribution in [3.8, 4) is 11.5 Å². The van der Waals surface area contributed by atoms with Gasteiger partial charge in [0.15, 0.2) is 18.1 Å². The summed E-state index contributed by atoms with van der Waals surface area (Å²) < 4.78 is 12.7. The Kier molecular flexibility index (Phi) is 8.01. The Labute approximate surface area is 227 Å². The van der Waals surface area contributed by atoms with E-state index in [1.165, 1.54) is 18.2 Å². The number of nitrogens with one attached hydrogen (secondary N) is 1. The Balaban J connectivity index is 1.36. The summed E-state index contributed by atoms with van der Waals surface area (Å²) in [5.41, 5.74) is 2.96. The second kappa shape index (κ2) is 11.9. The Bertz CT molecular complexity index is 1570. The van der Waals surface area contributed by atoms with Crippen LogP contribution in [0.4, 0.5) is 5.69 Å². The van der Waals surface area contributed by atoms with Crippen LogP contribution in [0.25, 0.3) is 10.9 Å². The van der Waals surface area contributed by atoms with Crippen LogP contribution >= 0.6 is 0 Å². The normalized spacial score (nSPS) is 14.0. The maximum atomic E-state index is 13.4. The summed E-state index contributed by atoms with van der Waals surface area (Å²) in [6.45, 7) is 1.76. The van der Waals surface area contributed by atoms with Crippen molar-refractivity contribution in [2.75, 3.05) is 19.0 Å². The zero-order valence-corrected chi connectivity index (χ0v) is 22.2. The molecule has 1 N–H and O–H groups in total. The number of fused-ring (bicyclic) bond motifs is 1. The van der Waals surface area contributed by atoms with Gasteiger partial charge in [0.05, 0.1) is 24.2 Å².